The maximum absolute atomic E-state index is 13.0. The molecule has 1 heterocycles. The van der Waals surface area contributed by atoms with E-state index in [0.717, 1.165) is 4.70 Å². The standard InChI is InChI=1S/C8H5BClFO2S/c10-5-3-7-4(1-6(5)11)2-8(14-7)9(12)13/h1-3,12-13H. The third-order valence-corrected chi connectivity index (χ3v) is 3.26. The molecule has 2 rings (SSSR count). The van der Waals surface area contributed by atoms with Crippen LogP contribution in [0.2, 0.25) is 5.02 Å². The smallest absolute Gasteiger partial charge is 0.423 e. The quantitative estimate of drug-likeness (QED) is 0.727. The summed E-state index contributed by atoms with van der Waals surface area (Å²) in [6.07, 6.45) is 0. The van der Waals surface area contributed by atoms with Gasteiger partial charge in [0.1, 0.15) is 5.82 Å². The largest absolute Gasteiger partial charge is 0.499 e. The van der Waals surface area contributed by atoms with Crippen LogP contribution in [0.4, 0.5) is 4.39 Å². The second kappa shape index (κ2) is 3.51. The van der Waals surface area contributed by atoms with Crippen LogP contribution in [0.1, 0.15) is 0 Å². The Morgan fingerprint density at radius 3 is 2.64 bits per heavy atom. The average Bonchev–Trinajstić information content (AvgIpc) is 2.48. The lowest BCUT2D eigenvalue weighted by Gasteiger charge is -1.92. The van der Waals surface area contributed by atoms with Crippen molar-refractivity contribution in [1.29, 1.82) is 0 Å². The Morgan fingerprint density at radius 1 is 1.29 bits per heavy atom. The Bertz CT molecular complexity index is 446. The van der Waals surface area contributed by atoms with Crippen LogP contribution in [0, 0.1) is 5.82 Å². The first-order valence-electron chi connectivity index (χ1n) is 3.82. The maximum Gasteiger partial charge on any atom is 0.499 e. The van der Waals surface area contributed by atoms with Gasteiger partial charge in [-0.05, 0) is 23.6 Å². The summed E-state index contributed by atoms with van der Waals surface area (Å²) < 4.78 is 14.1. The van der Waals surface area contributed by atoms with Crippen molar-refractivity contribution in [3.63, 3.8) is 0 Å². The molecule has 72 valence electrons. The first-order valence-corrected chi connectivity index (χ1v) is 5.02. The van der Waals surface area contributed by atoms with E-state index < -0.39 is 12.9 Å². The van der Waals surface area contributed by atoms with E-state index in [0.29, 0.717) is 10.2 Å². The zero-order valence-electron chi connectivity index (χ0n) is 6.87. The minimum absolute atomic E-state index is 0.0401. The van der Waals surface area contributed by atoms with Gasteiger partial charge in [-0.1, -0.05) is 11.6 Å². The highest BCUT2D eigenvalue weighted by Gasteiger charge is 2.15. The summed E-state index contributed by atoms with van der Waals surface area (Å²) in [7, 11) is -1.52. The van der Waals surface area contributed by atoms with Crippen molar-refractivity contribution in [3.8, 4) is 0 Å². The third-order valence-electron chi connectivity index (χ3n) is 1.83. The van der Waals surface area contributed by atoms with Gasteiger partial charge in [0.2, 0.25) is 0 Å². The van der Waals surface area contributed by atoms with E-state index >= 15 is 0 Å². The molecule has 0 bridgehead atoms. The zero-order chi connectivity index (χ0) is 10.3. The fourth-order valence-electron chi connectivity index (χ4n) is 1.18. The zero-order valence-corrected chi connectivity index (χ0v) is 8.44. The number of rotatable bonds is 1. The molecular formula is C8H5BClFO2S. The van der Waals surface area contributed by atoms with E-state index in [1.807, 2.05) is 0 Å². The molecule has 0 aliphatic rings. The van der Waals surface area contributed by atoms with E-state index in [-0.39, 0.29) is 5.02 Å². The summed E-state index contributed by atoms with van der Waals surface area (Å²) in [6, 6.07) is 4.28. The SMILES string of the molecule is OB(O)c1cc2cc(F)c(Cl)cc2s1. The molecule has 14 heavy (non-hydrogen) atoms. The van der Waals surface area contributed by atoms with Crippen LogP contribution in [-0.2, 0) is 0 Å². The second-order valence-corrected chi connectivity index (χ2v) is 4.35. The molecule has 2 aromatic rings. The summed E-state index contributed by atoms with van der Waals surface area (Å²) in [4.78, 5) is 0. The van der Waals surface area contributed by atoms with Gasteiger partial charge in [-0.15, -0.1) is 11.3 Å². The van der Waals surface area contributed by atoms with Crippen molar-refractivity contribution in [3.05, 3.63) is 29.0 Å². The second-order valence-electron chi connectivity index (χ2n) is 2.83. The molecule has 0 spiro atoms. The third kappa shape index (κ3) is 1.64. The fraction of sp³-hybridized carbons (Fsp3) is 0. The molecule has 0 atom stereocenters. The molecule has 2 nitrogen and oxygen atoms in total. The molecule has 2 N–H and O–H groups in total. The summed E-state index contributed by atoms with van der Waals surface area (Å²) in [6.45, 7) is 0. The molecule has 1 aromatic carbocycles. The van der Waals surface area contributed by atoms with Crippen LogP contribution in [-0.4, -0.2) is 17.2 Å². The van der Waals surface area contributed by atoms with Crippen LogP contribution >= 0.6 is 22.9 Å². The number of hydrogen-bond acceptors (Lipinski definition) is 3. The van der Waals surface area contributed by atoms with E-state index in [2.05, 4.69) is 0 Å². The van der Waals surface area contributed by atoms with Crippen LogP contribution in [0.15, 0.2) is 18.2 Å². The number of benzene rings is 1. The molecule has 6 heteroatoms. The van der Waals surface area contributed by atoms with Gasteiger partial charge < -0.3 is 10.0 Å². The predicted molar refractivity (Wildman–Crippen MR) is 56.6 cm³/mol. The van der Waals surface area contributed by atoms with E-state index in [1.165, 1.54) is 29.5 Å². The Kier molecular flexibility index (Phi) is 2.49. The Balaban J connectivity index is 2.66. The molecule has 0 aliphatic carbocycles. The van der Waals surface area contributed by atoms with Crippen LogP contribution in [0.3, 0.4) is 0 Å². The summed E-state index contributed by atoms with van der Waals surface area (Å²) >= 11 is 6.76. The van der Waals surface area contributed by atoms with Crippen LogP contribution in [0.25, 0.3) is 10.1 Å². The first-order chi connectivity index (χ1) is 6.58. The highest BCUT2D eigenvalue weighted by atomic mass is 35.5. The molecule has 0 aliphatic heterocycles. The summed E-state index contributed by atoms with van der Waals surface area (Å²) in [5, 5.41) is 18.5. The Hall–Kier alpha value is -0.615. The van der Waals surface area contributed by atoms with E-state index in [9.17, 15) is 4.39 Å². The normalized spacial score (nSPS) is 10.9. The Labute approximate surface area is 88.7 Å². The van der Waals surface area contributed by atoms with Gasteiger partial charge in [0.15, 0.2) is 0 Å². The highest BCUT2D eigenvalue weighted by Crippen LogP contribution is 2.25. The first kappa shape index (κ1) is 9.92. The fourth-order valence-corrected chi connectivity index (χ4v) is 2.37. The lowest BCUT2D eigenvalue weighted by molar-refractivity contribution is 0.427. The lowest BCUT2D eigenvalue weighted by atomic mass is 9.89. The molecule has 0 saturated carbocycles. The number of halogens is 2. The Morgan fingerprint density at radius 2 is 2.00 bits per heavy atom. The van der Waals surface area contributed by atoms with Gasteiger partial charge in [0.05, 0.1) is 5.02 Å². The molecular weight excluding hydrogens is 225 g/mol. The van der Waals surface area contributed by atoms with E-state index in [4.69, 9.17) is 21.6 Å². The van der Waals surface area contributed by atoms with Crippen molar-refractivity contribution < 1.29 is 14.4 Å². The van der Waals surface area contributed by atoms with Gasteiger partial charge in [-0.2, -0.15) is 0 Å². The minimum atomic E-state index is -1.52. The summed E-state index contributed by atoms with van der Waals surface area (Å²) in [5.74, 6) is -0.504. The van der Waals surface area contributed by atoms with Crippen LogP contribution < -0.4 is 4.78 Å². The van der Waals surface area contributed by atoms with Gasteiger partial charge in [-0.25, -0.2) is 4.39 Å². The topological polar surface area (TPSA) is 40.5 Å². The number of thiophene rings is 1. The molecule has 0 saturated heterocycles. The number of hydrogen-bond donors (Lipinski definition) is 2. The molecule has 0 amide bonds. The van der Waals surface area contributed by atoms with Crippen molar-refractivity contribution >= 4 is 44.9 Å². The van der Waals surface area contributed by atoms with Gasteiger partial charge >= 0.3 is 7.12 Å². The minimum Gasteiger partial charge on any atom is -0.423 e. The molecule has 0 radical (unpaired) electrons. The monoisotopic (exact) mass is 230 g/mol. The van der Waals surface area contributed by atoms with Crippen molar-refractivity contribution in [2.24, 2.45) is 0 Å². The highest BCUT2D eigenvalue weighted by molar-refractivity contribution is 7.27. The van der Waals surface area contributed by atoms with Crippen LogP contribution in [0.5, 0.6) is 0 Å². The lowest BCUT2D eigenvalue weighted by Crippen LogP contribution is -2.26. The van der Waals surface area contributed by atoms with Gasteiger partial charge in [0.25, 0.3) is 0 Å². The average molecular weight is 230 g/mol. The molecule has 1 aromatic heterocycles. The molecule has 0 fully saturated rings. The maximum atomic E-state index is 13.0. The predicted octanol–water partition coefficient (Wildman–Crippen LogP) is 1.37. The van der Waals surface area contributed by atoms with Crippen molar-refractivity contribution in [1.82, 2.24) is 0 Å². The van der Waals surface area contributed by atoms with Gasteiger partial charge in [-0.3, -0.25) is 0 Å². The van der Waals surface area contributed by atoms with Gasteiger partial charge in [0, 0.05) is 9.48 Å². The van der Waals surface area contributed by atoms with Crippen molar-refractivity contribution in [2.75, 3.05) is 0 Å². The molecule has 0 unspecified atom stereocenters. The summed E-state index contributed by atoms with van der Waals surface area (Å²) in [5.41, 5.74) is 0. The number of fused-ring (bicyclic) bond motifs is 1. The van der Waals surface area contributed by atoms with E-state index in [1.54, 1.807) is 0 Å². The van der Waals surface area contributed by atoms with Crippen molar-refractivity contribution in [2.45, 2.75) is 0 Å².